The molecule has 3 heteroatoms. The van der Waals surface area contributed by atoms with Gasteiger partial charge in [0.1, 0.15) is 0 Å². The van der Waals surface area contributed by atoms with E-state index >= 15 is 0 Å². The molecule has 0 amide bonds. The van der Waals surface area contributed by atoms with E-state index in [1.165, 1.54) is 0 Å². The summed E-state index contributed by atoms with van der Waals surface area (Å²) in [6.45, 7) is 0.630. The molecule has 0 atom stereocenters. The first-order valence-electron chi connectivity index (χ1n) is 4.77. The molecule has 15 heavy (non-hydrogen) atoms. The second-order valence-corrected chi connectivity index (χ2v) is 3.32. The van der Waals surface area contributed by atoms with Crippen LogP contribution in [0.15, 0.2) is 30.5 Å². The largest absolute Gasteiger partial charge is 0.346 e. The molecule has 0 fully saturated rings. The summed E-state index contributed by atoms with van der Waals surface area (Å²) in [5, 5.41) is 9.48. The number of fused-ring (bicyclic) bond motifs is 1. The molecule has 0 aliphatic carbocycles. The molecule has 0 aliphatic heterocycles. The molecule has 1 heterocycles. The molecule has 0 aliphatic rings. The van der Waals surface area contributed by atoms with Gasteiger partial charge in [-0.15, -0.1) is 0 Å². The Balaban J connectivity index is 2.55. The quantitative estimate of drug-likeness (QED) is 0.711. The molecule has 0 spiro atoms. The number of nitriles is 1. The van der Waals surface area contributed by atoms with Crippen LogP contribution in [-0.4, -0.2) is 10.9 Å². The Bertz CT molecular complexity index is 534. The van der Waals surface area contributed by atoms with Crippen LogP contribution in [0, 0.1) is 11.3 Å². The van der Waals surface area contributed by atoms with Gasteiger partial charge in [-0.1, -0.05) is 18.2 Å². The first-order valence-corrected chi connectivity index (χ1v) is 4.77. The summed E-state index contributed by atoms with van der Waals surface area (Å²) in [6, 6.07) is 9.81. The monoisotopic (exact) mass is 198 g/mol. The molecule has 0 saturated carbocycles. The van der Waals surface area contributed by atoms with Crippen molar-refractivity contribution < 1.29 is 4.79 Å². The summed E-state index contributed by atoms with van der Waals surface area (Å²) in [5.41, 5.74) is 1.69. The van der Waals surface area contributed by atoms with Crippen LogP contribution >= 0.6 is 0 Å². The van der Waals surface area contributed by atoms with E-state index in [1.54, 1.807) is 6.20 Å². The second-order valence-electron chi connectivity index (χ2n) is 3.32. The molecule has 1 aromatic carbocycles. The fourth-order valence-electron chi connectivity index (χ4n) is 1.72. The number of carbonyl (C=O) groups is 1. The molecular formula is C12H10N2O. The maximum Gasteiger partial charge on any atom is 0.152 e. The van der Waals surface area contributed by atoms with Gasteiger partial charge in [-0.3, -0.25) is 4.79 Å². The van der Waals surface area contributed by atoms with Crippen molar-refractivity contribution >= 4 is 17.2 Å². The lowest BCUT2D eigenvalue weighted by molar-refractivity contribution is 0.112. The minimum atomic E-state index is 0.455. The fraction of sp³-hybridized carbons (Fsp3) is 0.167. The molecule has 0 radical (unpaired) electrons. The number of aromatic nitrogens is 1. The van der Waals surface area contributed by atoms with Crippen LogP contribution in [0.2, 0.25) is 0 Å². The number of aryl methyl sites for hydroxylation is 1. The summed E-state index contributed by atoms with van der Waals surface area (Å²) in [7, 11) is 0. The van der Waals surface area contributed by atoms with Gasteiger partial charge in [-0.25, -0.2) is 0 Å². The first-order chi connectivity index (χ1) is 7.36. The van der Waals surface area contributed by atoms with Crippen LogP contribution in [0.25, 0.3) is 10.9 Å². The lowest BCUT2D eigenvalue weighted by atomic mass is 10.2. The van der Waals surface area contributed by atoms with Crippen LogP contribution in [0.5, 0.6) is 0 Å². The minimum absolute atomic E-state index is 0.455. The Kier molecular flexibility index (Phi) is 2.51. The average Bonchev–Trinajstić information content (AvgIpc) is 2.65. The van der Waals surface area contributed by atoms with E-state index in [0.29, 0.717) is 18.5 Å². The van der Waals surface area contributed by atoms with Gasteiger partial charge < -0.3 is 4.57 Å². The van der Waals surface area contributed by atoms with Crippen molar-refractivity contribution in [3.05, 3.63) is 36.0 Å². The number of hydrogen-bond donors (Lipinski definition) is 0. The zero-order valence-corrected chi connectivity index (χ0v) is 8.18. The van der Waals surface area contributed by atoms with E-state index in [4.69, 9.17) is 5.26 Å². The van der Waals surface area contributed by atoms with Gasteiger partial charge in [-0.05, 0) is 6.07 Å². The van der Waals surface area contributed by atoms with Gasteiger partial charge in [0.2, 0.25) is 0 Å². The standard InChI is InChI=1S/C12H10N2O/c13-6-3-7-14-8-10(9-15)11-4-1-2-5-12(11)14/h1-2,4-5,8-9H,3,7H2. The molecule has 2 rings (SSSR count). The highest BCUT2D eigenvalue weighted by molar-refractivity contribution is 5.97. The van der Waals surface area contributed by atoms with Crippen LogP contribution in [0.4, 0.5) is 0 Å². The molecule has 3 nitrogen and oxygen atoms in total. The van der Waals surface area contributed by atoms with Crippen molar-refractivity contribution in [2.75, 3.05) is 0 Å². The fourth-order valence-corrected chi connectivity index (χ4v) is 1.72. The van der Waals surface area contributed by atoms with Crippen molar-refractivity contribution in [3.63, 3.8) is 0 Å². The maximum absolute atomic E-state index is 10.8. The van der Waals surface area contributed by atoms with Gasteiger partial charge in [0.25, 0.3) is 0 Å². The van der Waals surface area contributed by atoms with E-state index in [-0.39, 0.29) is 0 Å². The van der Waals surface area contributed by atoms with Gasteiger partial charge >= 0.3 is 0 Å². The molecular weight excluding hydrogens is 188 g/mol. The van der Waals surface area contributed by atoms with Crippen molar-refractivity contribution in [3.8, 4) is 6.07 Å². The van der Waals surface area contributed by atoms with Crippen molar-refractivity contribution in [1.82, 2.24) is 4.57 Å². The Morgan fingerprint density at radius 2 is 2.20 bits per heavy atom. The predicted octanol–water partition coefficient (Wildman–Crippen LogP) is 2.37. The molecule has 0 bridgehead atoms. The van der Waals surface area contributed by atoms with Gasteiger partial charge in [0.15, 0.2) is 6.29 Å². The molecule has 1 aromatic heterocycles. The van der Waals surface area contributed by atoms with Crippen LogP contribution in [0.1, 0.15) is 16.8 Å². The number of nitrogens with zero attached hydrogens (tertiary/aromatic N) is 2. The lowest BCUT2D eigenvalue weighted by Crippen LogP contribution is -1.94. The zero-order chi connectivity index (χ0) is 10.7. The van der Waals surface area contributed by atoms with Crippen LogP contribution in [0.3, 0.4) is 0 Å². The van der Waals surface area contributed by atoms with Crippen molar-refractivity contribution in [2.24, 2.45) is 0 Å². The van der Waals surface area contributed by atoms with Gasteiger partial charge in [0.05, 0.1) is 12.5 Å². The number of benzene rings is 1. The summed E-state index contributed by atoms with van der Waals surface area (Å²) < 4.78 is 1.95. The zero-order valence-electron chi connectivity index (χ0n) is 8.18. The normalized spacial score (nSPS) is 10.1. The van der Waals surface area contributed by atoms with E-state index < -0.39 is 0 Å². The van der Waals surface area contributed by atoms with Crippen LogP contribution < -0.4 is 0 Å². The van der Waals surface area contributed by atoms with Gasteiger partial charge in [-0.2, -0.15) is 5.26 Å². The third kappa shape index (κ3) is 1.62. The lowest BCUT2D eigenvalue weighted by Gasteiger charge is -2.00. The number of hydrogen-bond acceptors (Lipinski definition) is 2. The highest BCUT2D eigenvalue weighted by atomic mass is 16.1. The molecule has 0 N–H and O–H groups in total. The molecule has 74 valence electrons. The number of rotatable bonds is 3. The maximum atomic E-state index is 10.8. The highest BCUT2D eigenvalue weighted by Crippen LogP contribution is 2.19. The minimum Gasteiger partial charge on any atom is -0.346 e. The third-order valence-electron chi connectivity index (χ3n) is 2.41. The Morgan fingerprint density at radius 3 is 2.93 bits per heavy atom. The smallest absolute Gasteiger partial charge is 0.152 e. The van der Waals surface area contributed by atoms with Crippen molar-refractivity contribution in [1.29, 1.82) is 5.26 Å². The third-order valence-corrected chi connectivity index (χ3v) is 2.41. The number of para-hydroxylation sites is 1. The Hall–Kier alpha value is -2.08. The second kappa shape index (κ2) is 3.97. The van der Waals surface area contributed by atoms with E-state index in [0.717, 1.165) is 17.2 Å². The Labute approximate surface area is 87.5 Å². The summed E-state index contributed by atoms with van der Waals surface area (Å²) >= 11 is 0. The Morgan fingerprint density at radius 1 is 1.40 bits per heavy atom. The molecule has 2 aromatic rings. The van der Waals surface area contributed by atoms with Gasteiger partial charge in [0, 0.05) is 29.2 Å². The van der Waals surface area contributed by atoms with E-state index in [1.807, 2.05) is 28.8 Å². The van der Waals surface area contributed by atoms with Crippen molar-refractivity contribution in [2.45, 2.75) is 13.0 Å². The average molecular weight is 198 g/mol. The number of carbonyl (C=O) groups excluding carboxylic acids is 1. The summed E-state index contributed by atoms with van der Waals surface area (Å²) in [5.74, 6) is 0. The topological polar surface area (TPSA) is 45.8 Å². The number of aldehydes is 1. The van der Waals surface area contributed by atoms with E-state index in [2.05, 4.69) is 6.07 Å². The predicted molar refractivity (Wildman–Crippen MR) is 57.6 cm³/mol. The highest BCUT2D eigenvalue weighted by Gasteiger charge is 2.05. The summed E-state index contributed by atoms with van der Waals surface area (Å²) in [4.78, 5) is 10.8. The summed E-state index contributed by atoms with van der Waals surface area (Å²) in [6.07, 6.45) is 3.11. The molecule has 0 saturated heterocycles. The van der Waals surface area contributed by atoms with E-state index in [9.17, 15) is 4.79 Å². The SMILES string of the molecule is N#CCCn1cc(C=O)c2ccccc21. The van der Waals surface area contributed by atoms with Crippen LogP contribution in [-0.2, 0) is 6.54 Å². The molecule has 0 unspecified atom stereocenters. The first kappa shape index (κ1) is 9.47.